The van der Waals surface area contributed by atoms with Gasteiger partial charge < -0.3 is 15.0 Å². The van der Waals surface area contributed by atoms with Gasteiger partial charge in [-0.15, -0.1) is 11.3 Å². The summed E-state index contributed by atoms with van der Waals surface area (Å²) in [5, 5.41) is 6.54. The third kappa shape index (κ3) is 2.05. The molecule has 0 amide bonds. The van der Waals surface area contributed by atoms with Gasteiger partial charge in [-0.3, -0.25) is 0 Å². The highest BCUT2D eigenvalue weighted by Gasteiger charge is 2.18. The van der Waals surface area contributed by atoms with Crippen LogP contribution in [0.25, 0.3) is 0 Å². The van der Waals surface area contributed by atoms with Crippen LogP contribution in [0.15, 0.2) is 5.38 Å². The topological polar surface area (TPSA) is 37.4 Å². The number of thiazole rings is 1. The molecule has 0 spiro atoms. The average Bonchev–Trinajstić information content (AvgIpc) is 2.68. The molecule has 2 rings (SSSR count). The van der Waals surface area contributed by atoms with Crippen LogP contribution in [-0.2, 0) is 4.74 Å². The molecule has 1 atom stereocenters. The molecule has 1 aromatic rings. The molecule has 4 nitrogen and oxygen atoms in total. The number of morpholine rings is 1. The van der Waals surface area contributed by atoms with E-state index in [0.717, 1.165) is 30.6 Å². The molecule has 5 heteroatoms. The van der Waals surface area contributed by atoms with Crippen molar-refractivity contribution in [1.29, 1.82) is 0 Å². The highest BCUT2D eigenvalue weighted by atomic mass is 32.1. The van der Waals surface area contributed by atoms with Gasteiger partial charge in [-0.1, -0.05) is 0 Å². The molecule has 1 aliphatic heterocycles. The van der Waals surface area contributed by atoms with Crippen LogP contribution in [-0.4, -0.2) is 38.8 Å². The number of anilines is 1. The van der Waals surface area contributed by atoms with Crippen LogP contribution in [0.4, 0.5) is 5.13 Å². The zero-order chi connectivity index (χ0) is 9.97. The quantitative estimate of drug-likeness (QED) is 0.791. The summed E-state index contributed by atoms with van der Waals surface area (Å²) in [6, 6.07) is 0.272. The zero-order valence-corrected chi connectivity index (χ0v) is 9.30. The SMILES string of the molecule is CN(C)c1nc(C2COCCN2)cs1. The number of nitrogens with zero attached hydrogens (tertiary/aromatic N) is 2. The van der Waals surface area contributed by atoms with Crippen molar-refractivity contribution in [3.8, 4) is 0 Å². The lowest BCUT2D eigenvalue weighted by Crippen LogP contribution is -2.34. The van der Waals surface area contributed by atoms with E-state index >= 15 is 0 Å². The summed E-state index contributed by atoms with van der Waals surface area (Å²) < 4.78 is 5.39. The van der Waals surface area contributed by atoms with E-state index in [2.05, 4.69) is 15.7 Å². The van der Waals surface area contributed by atoms with Crippen molar-refractivity contribution >= 4 is 16.5 Å². The molecule has 1 N–H and O–H groups in total. The molecule has 0 radical (unpaired) electrons. The Morgan fingerprint density at radius 3 is 3.07 bits per heavy atom. The minimum atomic E-state index is 0.272. The molecule has 14 heavy (non-hydrogen) atoms. The molecule has 0 aliphatic carbocycles. The van der Waals surface area contributed by atoms with Crippen LogP contribution in [0.2, 0.25) is 0 Å². The smallest absolute Gasteiger partial charge is 0.185 e. The van der Waals surface area contributed by atoms with Gasteiger partial charge in [-0.25, -0.2) is 4.98 Å². The molecular formula is C9H15N3OS. The molecule has 1 aromatic heterocycles. The van der Waals surface area contributed by atoms with Crippen LogP contribution >= 0.6 is 11.3 Å². The Morgan fingerprint density at radius 2 is 2.50 bits per heavy atom. The second-order valence-electron chi connectivity index (χ2n) is 3.53. The Bertz CT molecular complexity index is 294. The Balaban J connectivity index is 2.07. The van der Waals surface area contributed by atoms with Gasteiger partial charge in [0.05, 0.1) is 24.9 Å². The van der Waals surface area contributed by atoms with Crippen molar-refractivity contribution in [1.82, 2.24) is 10.3 Å². The maximum Gasteiger partial charge on any atom is 0.185 e. The van der Waals surface area contributed by atoms with Gasteiger partial charge >= 0.3 is 0 Å². The number of hydrogen-bond acceptors (Lipinski definition) is 5. The van der Waals surface area contributed by atoms with Crippen LogP contribution < -0.4 is 10.2 Å². The largest absolute Gasteiger partial charge is 0.378 e. The number of hydrogen-bond donors (Lipinski definition) is 1. The number of rotatable bonds is 2. The second kappa shape index (κ2) is 4.25. The van der Waals surface area contributed by atoms with Crippen LogP contribution in [0, 0.1) is 0 Å². The number of nitrogens with one attached hydrogen (secondary N) is 1. The number of ether oxygens (including phenoxy) is 1. The van der Waals surface area contributed by atoms with Gasteiger partial charge in [0, 0.05) is 26.0 Å². The van der Waals surface area contributed by atoms with Gasteiger partial charge in [0.2, 0.25) is 0 Å². The molecule has 78 valence electrons. The average molecular weight is 213 g/mol. The maximum atomic E-state index is 5.39. The second-order valence-corrected chi connectivity index (χ2v) is 4.37. The van der Waals surface area contributed by atoms with Gasteiger partial charge in [0.1, 0.15) is 0 Å². The first kappa shape index (κ1) is 9.89. The van der Waals surface area contributed by atoms with Gasteiger partial charge in [-0.05, 0) is 0 Å². The summed E-state index contributed by atoms with van der Waals surface area (Å²) in [7, 11) is 4.01. The molecule has 1 fully saturated rings. The van der Waals surface area contributed by atoms with Crippen molar-refractivity contribution < 1.29 is 4.74 Å². The molecule has 2 heterocycles. The molecule has 0 bridgehead atoms. The van der Waals surface area contributed by atoms with Gasteiger partial charge in [-0.2, -0.15) is 0 Å². The fourth-order valence-corrected chi connectivity index (χ4v) is 2.21. The molecule has 1 aliphatic rings. The highest BCUT2D eigenvalue weighted by Crippen LogP contribution is 2.23. The first-order valence-electron chi connectivity index (χ1n) is 4.71. The highest BCUT2D eigenvalue weighted by molar-refractivity contribution is 7.13. The molecule has 1 unspecified atom stereocenters. The summed E-state index contributed by atoms with van der Waals surface area (Å²) in [5.74, 6) is 0. The van der Waals surface area contributed by atoms with E-state index in [1.54, 1.807) is 11.3 Å². The van der Waals surface area contributed by atoms with E-state index in [0.29, 0.717) is 0 Å². The first-order chi connectivity index (χ1) is 6.77. The Hall–Kier alpha value is -0.650. The minimum absolute atomic E-state index is 0.272. The molecule has 0 aromatic carbocycles. The lowest BCUT2D eigenvalue weighted by molar-refractivity contribution is 0.0758. The third-order valence-corrected chi connectivity index (χ3v) is 3.20. The van der Waals surface area contributed by atoms with Crippen molar-refractivity contribution in [2.75, 3.05) is 38.8 Å². The van der Waals surface area contributed by atoms with E-state index in [1.807, 2.05) is 19.0 Å². The van der Waals surface area contributed by atoms with Crippen molar-refractivity contribution in [3.05, 3.63) is 11.1 Å². The van der Waals surface area contributed by atoms with Gasteiger partial charge in [0.25, 0.3) is 0 Å². The minimum Gasteiger partial charge on any atom is -0.378 e. The predicted octanol–water partition coefficient (Wildman–Crippen LogP) is 0.870. The number of aromatic nitrogens is 1. The lowest BCUT2D eigenvalue weighted by Gasteiger charge is -2.22. The van der Waals surface area contributed by atoms with Crippen LogP contribution in [0.1, 0.15) is 11.7 Å². The molecular weight excluding hydrogens is 198 g/mol. The maximum absolute atomic E-state index is 5.39. The Morgan fingerprint density at radius 1 is 1.64 bits per heavy atom. The summed E-state index contributed by atoms with van der Waals surface area (Å²) in [4.78, 5) is 6.56. The normalized spacial score (nSPS) is 22.3. The summed E-state index contributed by atoms with van der Waals surface area (Å²) >= 11 is 1.67. The van der Waals surface area contributed by atoms with Crippen molar-refractivity contribution in [2.45, 2.75) is 6.04 Å². The van der Waals surface area contributed by atoms with E-state index in [1.165, 1.54) is 0 Å². The summed E-state index contributed by atoms with van der Waals surface area (Å²) in [6.45, 7) is 2.46. The van der Waals surface area contributed by atoms with Crippen molar-refractivity contribution in [3.63, 3.8) is 0 Å². The van der Waals surface area contributed by atoms with Crippen LogP contribution in [0.5, 0.6) is 0 Å². The fraction of sp³-hybridized carbons (Fsp3) is 0.667. The Labute approximate surface area is 87.9 Å². The molecule has 0 saturated carbocycles. The third-order valence-electron chi connectivity index (χ3n) is 2.17. The summed E-state index contributed by atoms with van der Waals surface area (Å²) in [5.41, 5.74) is 1.10. The van der Waals surface area contributed by atoms with E-state index in [-0.39, 0.29) is 6.04 Å². The van der Waals surface area contributed by atoms with Crippen LogP contribution in [0.3, 0.4) is 0 Å². The molecule has 1 saturated heterocycles. The Kier molecular flexibility index (Phi) is 3.00. The lowest BCUT2D eigenvalue weighted by atomic mass is 10.2. The fourth-order valence-electron chi connectivity index (χ4n) is 1.40. The monoisotopic (exact) mass is 213 g/mol. The van der Waals surface area contributed by atoms with E-state index in [9.17, 15) is 0 Å². The standard InChI is InChI=1S/C9H15N3OS/c1-12(2)9-11-8(6-14-9)7-5-13-4-3-10-7/h6-7,10H,3-5H2,1-2H3. The van der Waals surface area contributed by atoms with E-state index in [4.69, 9.17) is 4.74 Å². The van der Waals surface area contributed by atoms with Gasteiger partial charge in [0.15, 0.2) is 5.13 Å². The summed E-state index contributed by atoms with van der Waals surface area (Å²) in [6.07, 6.45) is 0. The predicted molar refractivity (Wildman–Crippen MR) is 58.0 cm³/mol. The van der Waals surface area contributed by atoms with Crippen molar-refractivity contribution in [2.24, 2.45) is 0 Å². The van der Waals surface area contributed by atoms with E-state index < -0.39 is 0 Å². The first-order valence-corrected chi connectivity index (χ1v) is 5.59. The zero-order valence-electron chi connectivity index (χ0n) is 8.49.